The number of aromatic nitrogens is 3. The molecule has 0 saturated carbocycles. The monoisotopic (exact) mass is 374 g/mol. The van der Waals surface area contributed by atoms with E-state index in [4.69, 9.17) is 17.0 Å². The third-order valence-corrected chi connectivity index (χ3v) is 4.66. The fraction of sp³-hybridized carbons (Fsp3) is 0.235. The van der Waals surface area contributed by atoms with Crippen molar-refractivity contribution in [1.29, 1.82) is 0 Å². The zero-order chi connectivity index (χ0) is 17.6. The van der Waals surface area contributed by atoms with E-state index in [0.29, 0.717) is 23.7 Å². The number of rotatable bonds is 7. The van der Waals surface area contributed by atoms with Gasteiger partial charge >= 0.3 is 0 Å². The van der Waals surface area contributed by atoms with Gasteiger partial charge in [0.15, 0.2) is 10.6 Å². The van der Waals surface area contributed by atoms with E-state index >= 15 is 0 Å². The largest absolute Gasteiger partial charge is 0.492 e. The number of ether oxygens (including phenoxy) is 1. The van der Waals surface area contributed by atoms with E-state index in [1.54, 1.807) is 15.9 Å². The Morgan fingerprint density at radius 2 is 2.28 bits per heavy atom. The van der Waals surface area contributed by atoms with Gasteiger partial charge in [0, 0.05) is 0 Å². The van der Waals surface area contributed by atoms with E-state index in [2.05, 4.69) is 15.5 Å². The van der Waals surface area contributed by atoms with Gasteiger partial charge in [-0.2, -0.15) is 5.10 Å². The van der Waals surface area contributed by atoms with E-state index in [0.717, 1.165) is 16.2 Å². The van der Waals surface area contributed by atoms with Crippen molar-refractivity contribution in [2.75, 3.05) is 13.2 Å². The van der Waals surface area contributed by atoms with Crippen LogP contribution < -0.4 is 10.1 Å². The SMILES string of the molecule is Cc1cccc(OCCNC(=O)Cn2c(-c3cccs3)n[nH]c2=S)c1. The van der Waals surface area contributed by atoms with Crippen molar-refractivity contribution in [3.8, 4) is 16.5 Å². The van der Waals surface area contributed by atoms with E-state index < -0.39 is 0 Å². The Morgan fingerprint density at radius 1 is 1.40 bits per heavy atom. The topological polar surface area (TPSA) is 71.9 Å². The standard InChI is InChI=1S/C17H18N4O2S2/c1-12-4-2-5-13(10-12)23-8-7-18-15(22)11-21-16(19-20-17(21)24)14-6-3-9-25-14/h2-6,9-10H,7-8,11H2,1H3,(H,18,22)(H,20,24). The van der Waals surface area contributed by atoms with Crippen LogP contribution in [-0.2, 0) is 11.3 Å². The van der Waals surface area contributed by atoms with E-state index in [9.17, 15) is 4.79 Å². The summed E-state index contributed by atoms with van der Waals surface area (Å²) in [7, 11) is 0. The summed E-state index contributed by atoms with van der Waals surface area (Å²) >= 11 is 6.77. The predicted molar refractivity (Wildman–Crippen MR) is 100 cm³/mol. The van der Waals surface area contributed by atoms with Crippen LogP contribution in [0.5, 0.6) is 5.75 Å². The molecule has 25 heavy (non-hydrogen) atoms. The van der Waals surface area contributed by atoms with Crippen LogP contribution in [0.15, 0.2) is 41.8 Å². The summed E-state index contributed by atoms with van der Waals surface area (Å²) in [4.78, 5) is 13.1. The molecule has 0 aliphatic heterocycles. The zero-order valence-electron chi connectivity index (χ0n) is 13.7. The maximum atomic E-state index is 12.2. The van der Waals surface area contributed by atoms with Gasteiger partial charge < -0.3 is 10.1 Å². The molecule has 0 unspecified atom stereocenters. The van der Waals surface area contributed by atoms with Gasteiger partial charge in [-0.3, -0.25) is 14.5 Å². The Balaban J connectivity index is 1.52. The molecule has 0 fully saturated rings. The van der Waals surface area contributed by atoms with Crippen LogP contribution in [0.4, 0.5) is 0 Å². The number of hydrogen-bond donors (Lipinski definition) is 2. The third-order valence-electron chi connectivity index (χ3n) is 3.48. The van der Waals surface area contributed by atoms with Gasteiger partial charge in [0.05, 0.1) is 11.4 Å². The highest BCUT2D eigenvalue weighted by molar-refractivity contribution is 7.71. The minimum Gasteiger partial charge on any atom is -0.492 e. The second-order valence-electron chi connectivity index (χ2n) is 5.43. The van der Waals surface area contributed by atoms with Crippen LogP contribution in [0, 0.1) is 11.7 Å². The lowest BCUT2D eigenvalue weighted by atomic mass is 10.2. The minimum absolute atomic E-state index is 0.118. The number of nitrogens with one attached hydrogen (secondary N) is 2. The van der Waals surface area contributed by atoms with Crippen molar-refractivity contribution in [3.05, 3.63) is 52.1 Å². The molecule has 1 aromatic carbocycles. The van der Waals surface area contributed by atoms with Crippen molar-refractivity contribution < 1.29 is 9.53 Å². The highest BCUT2D eigenvalue weighted by Gasteiger charge is 2.12. The first-order valence-electron chi connectivity index (χ1n) is 7.79. The maximum Gasteiger partial charge on any atom is 0.240 e. The number of aryl methyl sites for hydroxylation is 1. The first-order chi connectivity index (χ1) is 12.1. The van der Waals surface area contributed by atoms with Crippen LogP contribution in [0.1, 0.15) is 5.56 Å². The second-order valence-corrected chi connectivity index (χ2v) is 6.77. The first-order valence-corrected chi connectivity index (χ1v) is 9.07. The summed E-state index contributed by atoms with van der Waals surface area (Å²) in [6.45, 7) is 2.96. The normalized spacial score (nSPS) is 10.6. The number of hydrogen-bond acceptors (Lipinski definition) is 5. The lowest BCUT2D eigenvalue weighted by Gasteiger charge is -2.09. The van der Waals surface area contributed by atoms with Crippen LogP contribution in [0.2, 0.25) is 0 Å². The Morgan fingerprint density at radius 3 is 3.04 bits per heavy atom. The fourth-order valence-electron chi connectivity index (χ4n) is 2.32. The van der Waals surface area contributed by atoms with Crippen LogP contribution in [0.3, 0.4) is 0 Å². The highest BCUT2D eigenvalue weighted by atomic mass is 32.1. The van der Waals surface area contributed by atoms with E-state index in [-0.39, 0.29) is 12.5 Å². The molecular formula is C17H18N4O2S2. The minimum atomic E-state index is -0.136. The molecule has 2 aromatic heterocycles. The molecule has 0 atom stereocenters. The van der Waals surface area contributed by atoms with Crippen molar-refractivity contribution in [2.45, 2.75) is 13.5 Å². The van der Waals surface area contributed by atoms with Gasteiger partial charge in [-0.1, -0.05) is 18.2 Å². The number of H-pyrrole nitrogens is 1. The van der Waals surface area contributed by atoms with Gasteiger partial charge in [-0.25, -0.2) is 0 Å². The number of amides is 1. The molecule has 2 heterocycles. The molecule has 0 saturated heterocycles. The number of nitrogens with zero attached hydrogens (tertiary/aromatic N) is 2. The van der Waals surface area contributed by atoms with Gasteiger partial charge in [0.2, 0.25) is 5.91 Å². The molecule has 6 nitrogen and oxygen atoms in total. The van der Waals surface area contributed by atoms with Crippen molar-refractivity contribution >= 4 is 29.5 Å². The summed E-state index contributed by atoms with van der Waals surface area (Å²) in [6.07, 6.45) is 0. The van der Waals surface area contributed by atoms with Gasteiger partial charge in [0.25, 0.3) is 0 Å². The Hall–Kier alpha value is -2.45. The van der Waals surface area contributed by atoms with Gasteiger partial charge in [-0.05, 0) is 48.3 Å². The predicted octanol–water partition coefficient (Wildman–Crippen LogP) is 3.17. The molecule has 8 heteroatoms. The van der Waals surface area contributed by atoms with Crippen LogP contribution in [-0.4, -0.2) is 33.8 Å². The van der Waals surface area contributed by atoms with Crippen molar-refractivity contribution in [1.82, 2.24) is 20.1 Å². The molecule has 0 spiro atoms. The average Bonchev–Trinajstić information content (AvgIpc) is 3.23. The van der Waals surface area contributed by atoms with E-state index in [1.807, 2.05) is 48.7 Å². The molecule has 3 aromatic rings. The van der Waals surface area contributed by atoms with Crippen molar-refractivity contribution in [2.24, 2.45) is 0 Å². The fourth-order valence-corrected chi connectivity index (χ4v) is 3.24. The summed E-state index contributed by atoms with van der Waals surface area (Å²) in [6, 6.07) is 11.7. The Kier molecular flexibility index (Phi) is 5.62. The Labute approximate surface area is 154 Å². The molecule has 0 aliphatic carbocycles. The summed E-state index contributed by atoms with van der Waals surface area (Å²) in [5.41, 5.74) is 1.14. The first kappa shape index (κ1) is 17.4. The average molecular weight is 374 g/mol. The van der Waals surface area contributed by atoms with Crippen molar-refractivity contribution in [3.63, 3.8) is 0 Å². The molecule has 2 N–H and O–H groups in total. The number of carbonyl (C=O) groups is 1. The molecular weight excluding hydrogens is 356 g/mol. The van der Waals surface area contributed by atoms with Gasteiger partial charge in [0.1, 0.15) is 18.9 Å². The third kappa shape index (κ3) is 4.55. The molecule has 130 valence electrons. The smallest absolute Gasteiger partial charge is 0.240 e. The highest BCUT2D eigenvalue weighted by Crippen LogP contribution is 2.22. The lowest BCUT2D eigenvalue weighted by Crippen LogP contribution is -2.31. The van der Waals surface area contributed by atoms with Gasteiger partial charge in [-0.15, -0.1) is 11.3 Å². The molecule has 0 aliphatic rings. The van der Waals surface area contributed by atoms with Crippen LogP contribution >= 0.6 is 23.6 Å². The zero-order valence-corrected chi connectivity index (χ0v) is 15.3. The molecule has 0 radical (unpaired) electrons. The quantitative estimate of drug-likeness (QED) is 0.492. The molecule has 0 bridgehead atoms. The summed E-state index contributed by atoms with van der Waals surface area (Å²) in [5.74, 6) is 1.33. The number of aromatic amines is 1. The number of thiophene rings is 1. The number of carbonyl (C=O) groups excluding carboxylic acids is 1. The Bertz CT molecular complexity index is 900. The van der Waals surface area contributed by atoms with Crippen LogP contribution in [0.25, 0.3) is 10.7 Å². The lowest BCUT2D eigenvalue weighted by molar-refractivity contribution is -0.121. The number of benzene rings is 1. The summed E-state index contributed by atoms with van der Waals surface area (Å²) < 4.78 is 7.74. The summed E-state index contributed by atoms with van der Waals surface area (Å²) in [5, 5.41) is 11.7. The van der Waals surface area contributed by atoms with E-state index in [1.165, 1.54) is 0 Å². The maximum absolute atomic E-state index is 12.2. The second kappa shape index (κ2) is 8.09. The molecule has 3 rings (SSSR count). The molecule has 1 amide bonds.